The minimum Gasteiger partial charge on any atom is -0.372 e. The lowest BCUT2D eigenvalue weighted by Crippen LogP contribution is -2.41. The van der Waals surface area contributed by atoms with Crippen LogP contribution in [0.5, 0.6) is 0 Å². The molecule has 3 N–H and O–H groups in total. The Bertz CT molecular complexity index is 451. The number of hydrogen-bond donors (Lipinski definition) is 2. The van der Waals surface area contributed by atoms with Crippen molar-refractivity contribution in [1.82, 2.24) is 0 Å². The van der Waals surface area contributed by atoms with Crippen molar-refractivity contribution in [2.24, 2.45) is 11.1 Å². The third-order valence-corrected chi connectivity index (χ3v) is 4.82. The van der Waals surface area contributed by atoms with Crippen molar-refractivity contribution in [3.63, 3.8) is 0 Å². The minimum atomic E-state index is -0.451. The van der Waals surface area contributed by atoms with Gasteiger partial charge in [-0.25, -0.2) is 0 Å². The fourth-order valence-corrected chi connectivity index (χ4v) is 2.95. The lowest BCUT2D eigenvalue weighted by Gasteiger charge is -2.28. The first kappa shape index (κ1) is 15.8. The van der Waals surface area contributed by atoms with Crippen molar-refractivity contribution < 1.29 is 4.79 Å². The molecule has 1 aromatic carbocycles. The van der Waals surface area contributed by atoms with Gasteiger partial charge >= 0.3 is 0 Å². The highest BCUT2D eigenvalue weighted by Crippen LogP contribution is 2.28. The molecular weight excluding hydrogens is 262 g/mol. The fraction of sp³-hybridized carbons (Fsp3) is 0.588. The molecular formula is C17H27N3O. The van der Waals surface area contributed by atoms with Crippen LogP contribution in [0.4, 0.5) is 11.4 Å². The van der Waals surface area contributed by atoms with Crippen LogP contribution in [0.1, 0.15) is 39.5 Å². The molecule has 2 rings (SSSR count). The first-order valence-corrected chi connectivity index (χ1v) is 8.01. The zero-order valence-corrected chi connectivity index (χ0v) is 13.2. The normalized spacial score (nSPS) is 15.3. The quantitative estimate of drug-likeness (QED) is 0.846. The first-order valence-electron chi connectivity index (χ1n) is 8.01. The van der Waals surface area contributed by atoms with Gasteiger partial charge in [0.2, 0.25) is 5.91 Å². The molecule has 4 heteroatoms. The number of nitrogens with two attached hydrogens (primary N) is 1. The molecule has 0 radical (unpaired) electrons. The van der Waals surface area contributed by atoms with E-state index in [1.54, 1.807) is 0 Å². The molecule has 0 unspecified atom stereocenters. The van der Waals surface area contributed by atoms with E-state index in [0.717, 1.165) is 31.6 Å². The van der Waals surface area contributed by atoms with Gasteiger partial charge < -0.3 is 16.0 Å². The Morgan fingerprint density at radius 3 is 2.24 bits per heavy atom. The molecule has 1 aromatic rings. The number of amides is 1. The van der Waals surface area contributed by atoms with Gasteiger partial charge in [-0.15, -0.1) is 0 Å². The lowest BCUT2D eigenvalue weighted by atomic mass is 9.81. The maximum absolute atomic E-state index is 12.5. The molecule has 0 aliphatic carbocycles. The van der Waals surface area contributed by atoms with Crippen LogP contribution in [-0.4, -0.2) is 25.5 Å². The Morgan fingerprint density at radius 1 is 1.19 bits per heavy atom. The summed E-state index contributed by atoms with van der Waals surface area (Å²) in [7, 11) is 0. The summed E-state index contributed by atoms with van der Waals surface area (Å²) < 4.78 is 0. The number of carbonyl (C=O) groups excluding carboxylic acids is 1. The number of benzene rings is 1. The van der Waals surface area contributed by atoms with Gasteiger partial charge in [-0.1, -0.05) is 13.8 Å². The van der Waals surface area contributed by atoms with Gasteiger partial charge in [0.25, 0.3) is 0 Å². The standard InChI is InChI=1S/C17H27N3O/c1-3-17(4-2,13-18)16(21)19-14-7-9-15(10-8-14)20-11-5-6-12-20/h7-10H,3-6,11-13,18H2,1-2H3,(H,19,21). The second kappa shape index (κ2) is 6.94. The lowest BCUT2D eigenvalue weighted by molar-refractivity contribution is -0.125. The number of nitrogens with zero attached hydrogens (tertiary/aromatic N) is 1. The van der Waals surface area contributed by atoms with Crippen molar-refractivity contribution in [1.29, 1.82) is 0 Å². The summed E-state index contributed by atoms with van der Waals surface area (Å²) in [6.07, 6.45) is 4.06. The third-order valence-electron chi connectivity index (χ3n) is 4.82. The maximum atomic E-state index is 12.5. The Morgan fingerprint density at radius 2 is 1.76 bits per heavy atom. The fourth-order valence-electron chi connectivity index (χ4n) is 2.95. The van der Waals surface area contributed by atoms with E-state index in [9.17, 15) is 4.79 Å². The molecule has 21 heavy (non-hydrogen) atoms. The molecule has 0 aromatic heterocycles. The van der Waals surface area contributed by atoms with Crippen LogP contribution in [0.2, 0.25) is 0 Å². The Hall–Kier alpha value is -1.55. The zero-order valence-electron chi connectivity index (χ0n) is 13.2. The molecule has 0 atom stereocenters. The van der Waals surface area contributed by atoms with Gasteiger partial charge in [-0.05, 0) is 49.9 Å². The van der Waals surface area contributed by atoms with E-state index in [4.69, 9.17) is 5.73 Å². The summed E-state index contributed by atoms with van der Waals surface area (Å²) in [6, 6.07) is 8.14. The summed E-state index contributed by atoms with van der Waals surface area (Å²) in [6.45, 7) is 6.69. The highest BCUT2D eigenvalue weighted by atomic mass is 16.2. The van der Waals surface area contributed by atoms with E-state index in [-0.39, 0.29) is 5.91 Å². The molecule has 1 amide bonds. The molecule has 0 spiro atoms. The molecule has 0 bridgehead atoms. The Labute approximate surface area is 127 Å². The van der Waals surface area contributed by atoms with E-state index in [2.05, 4.69) is 22.3 Å². The third kappa shape index (κ3) is 3.38. The average molecular weight is 289 g/mol. The average Bonchev–Trinajstić information content (AvgIpc) is 3.05. The highest BCUT2D eigenvalue weighted by Gasteiger charge is 2.33. The van der Waals surface area contributed by atoms with Crippen LogP contribution in [0.25, 0.3) is 0 Å². The number of nitrogens with one attached hydrogen (secondary N) is 1. The summed E-state index contributed by atoms with van der Waals surface area (Å²) in [5, 5.41) is 3.02. The van der Waals surface area contributed by atoms with Gasteiger partial charge in [0.1, 0.15) is 0 Å². The van der Waals surface area contributed by atoms with Gasteiger partial charge in [-0.3, -0.25) is 4.79 Å². The molecule has 1 aliphatic heterocycles. The first-order chi connectivity index (χ1) is 10.1. The Balaban J connectivity index is 2.04. The number of carbonyl (C=O) groups is 1. The molecule has 0 saturated carbocycles. The molecule has 116 valence electrons. The predicted octanol–water partition coefficient (Wildman–Crippen LogP) is 2.99. The SMILES string of the molecule is CCC(CC)(CN)C(=O)Nc1ccc(N2CCCC2)cc1. The monoisotopic (exact) mass is 289 g/mol. The van der Waals surface area contributed by atoms with Crippen molar-refractivity contribution in [3.8, 4) is 0 Å². The highest BCUT2D eigenvalue weighted by molar-refractivity contribution is 5.95. The molecule has 1 heterocycles. The molecule has 1 saturated heterocycles. The van der Waals surface area contributed by atoms with Gasteiger partial charge in [-0.2, -0.15) is 0 Å². The van der Waals surface area contributed by atoms with Crippen LogP contribution in [-0.2, 0) is 4.79 Å². The molecule has 1 aliphatic rings. The number of hydrogen-bond acceptors (Lipinski definition) is 3. The van der Waals surface area contributed by atoms with E-state index in [1.165, 1.54) is 18.5 Å². The number of rotatable bonds is 6. The van der Waals surface area contributed by atoms with E-state index < -0.39 is 5.41 Å². The van der Waals surface area contributed by atoms with Crippen molar-refractivity contribution in [2.45, 2.75) is 39.5 Å². The van der Waals surface area contributed by atoms with Gasteiger partial charge in [0, 0.05) is 31.0 Å². The van der Waals surface area contributed by atoms with Crippen LogP contribution < -0.4 is 16.0 Å². The van der Waals surface area contributed by atoms with E-state index >= 15 is 0 Å². The second-order valence-corrected chi connectivity index (χ2v) is 5.89. The van der Waals surface area contributed by atoms with Gasteiger partial charge in [0.15, 0.2) is 0 Å². The van der Waals surface area contributed by atoms with Gasteiger partial charge in [0.05, 0.1) is 5.41 Å². The minimum absolute atomic E-state index is 0.0314. The summed E-state index contributed by atoms with van der Waals surface area (Å²) in [5.41, 5.74) is 7.46. The van der Waals surface area contributed by atoms with E-state index in [1.807, 2.05) is 26.0 Å². The largest absolute Gasteiger partial charge is 0.372 e. The molecule has 4 nitrogen and oxygen atoms in total. The van der Waals surface area contributed by atoms with Crippen molar-refractivity contribution >= 4 is 17.3 Å². The van der Waals surface area contributed by atoms with Crippen LogP contribution in [0, 0.1) is 5.41 Å². The van der Waals surface area contributed by atoms with Crippen molar-refractivity contribution in [3.05, 3.63) is 24.3 Å². The summed E-state index contributed by atoms with van der Waals surface area (Å²) in [5.74, 6) is 0.0314. The maximum Gasteiger partial charge on any atom is 0.231 e. The zero-order chi connectivity index (χ0) is 15.3. The van der Waals surface area contributed by atoms with E-state index in [0.29, 0.717) is 6.54 Å². The summed E-state index contributed by atoms with van der Waals surface area (Å²) >= 11 is 0. The van der Waals surface area contributed by atoms with Crippen LogP contribution in [0.3, 0.4) is 0 Å². The van der Waals surface area contributed by atoms with Crippen LogP contribution in [0.15, 0.2) is 24.3 Å². The van der Waals surface area contributed by atoms with Crippen LogP contribution >= 0.6 is 0 Å². The number of anilines is 2. The predicted molar refractivity (Wildman–Crippen MR) is 88.6 cm³/mol. The van der Waals surface area contributed by atoms with Crippen molar-refractivity contribution in [2.75, 3.05) is 29.9 Å². The molecule has 1 fully saturated rings. The second-order valence-electron chi connectivity index (χ2n) is 5.89. The topological polar surface area (TPSA) is 58.4 Å². The smallest absolute Gasteiger partial charge is 0.231 e. The Kier molecular flexibility index (Phi) is 5.23. The summed E-state index contributed by atoms with van der Waals surface area (Å²) in [4.78, 5) is 14.9.